The summed E-state index contributed by atoms with van der Waals surface area (Å²) in [4.78, 5) is 27.4. The van der Waals surface area contributed by atoms with Gasteiger partial charge in [-0.3, -0.25) is 14.3 Å². The SMILES string of the molecule is CCC(CC)C(=O)Nc1cc(C(=O)N2CC(c3ccc(-c4cnn(C)c4)cc3)C2)ccc1C. The van der Waals surface area contributed by atoms with Gasteiger partial charge in [0.1, 0.15) is 0 Å². The molecule has 3 aromatic rings. The maximum atomic E-state index is 13.0. The van der Waals surface area contributed by atoms with Gasteiger partial charge in [-0.25, -0.2) is 0 Å². The van der Waals surface area contributed by atoms with Crippen molar-refractivity contribution >= 4 is 17.5 Å². The molecule has 1 fully saturated rings. The molecule has 2 aromatic carbocycles. The second-order valence-electron chi connectivity index (χ2n) is 8.96. The molecule has 4 rings (SSSR count). The summed E-state index contributed by atoms with van der Waals surface area (Å²) in [6, 6.07) is 14.1. The first-order chi connectivity index (χ1) is 15.9. The van der Waals surface area contributed by atoms with Crippen LogP contribution in [0.15, 0.2) is 54.9 Å². The number of amides is 2. The smallest absolute Gasteiger partial charge is 0.253 e. The fourth-order valence-electron chi connectivity index (χ4n) is 4.34. The summed E-state index contributed by atoms with van der Waals surface area (Å²) in [6.07, 6.45) is 5.47. The largest absolute Gasteiger partial charge is 0.337 e. The van der Waals surface area contributed by atoms with Crippen molar-refractivity contribution in [2.75, 3.05) is 18.4 Å². The minimum absolute atomic E-state index is 0.00978. The van der Waals surface area contributed by atoms with E-state index >= 15 is 0 Å². The molecule has 1 saturated heterocycles. The Morgan fingerprint density at radius 3 is 2.36 bits per heavy atom. The van der Waals surface area contributed by atoms with Crippen LogP contribution in [0.2, 0.25) is 0 Å². The molecule has 6 heteroatoms. The van der Waals surface area contributed by atoms with Gasteiger partial charge >= 0.3 is 0 Å². The van der Waals surface area contributed by atoms with Gasteiger partial charge in [0.25, 0.3) is 5.91 Å². The number of benzene rings is 2. The zero-order valence-electron chi connectivity index (χ0n) is 19.8. The number of carbonyl (C=O) groups excluding carboxylic acids is 2. The third-order valence-corrected chi connectivity index (χ3v) is 6.69. The van der Waals surface area contributed by atoms with Crippen LogP contribution in [0.5, 0.6) is 0 Å². The molecule has 0 unspecified atom stereocenters. The van der Waals surface area contributed by atoms with Gasteiger partial charge in [0, 0.05) is 55.0 Å². The maximum absolute atomic E-state index is 13.0. The lowest BCUT2D eigenvalue weighted by molar-refractivity contribution is -0.120. The predicted octanol–water partition coefficient (Wildman–Crippen LogP) is 5.01. The van der Waals surface area contributed by atoms with Gasteiger partial charge in [-0.1, -0.05) is 44.2 Å². The molecule has 172 valence electrons. The number of likely N-dealkylation sites (tertiary alicyclic amines) is 1. The van der Waals surface area contributed by atoms with Crippen LogP contribution in [0.25, 0.3) is 11.1 Å². The predicted molar refractivity (Wildman–Crippen MR) is 131 cm³/mol. The normalized spacial score (nSPS) is 13.8. The van der Waals surface area contributed by atoms with Gasteiger partial charge < -0.3 is 10.2 Å². The second-order valence-corrected chi connectivity index (χ2v) is 8.96. The molecule has 1 aromatic heterocycles. The molecule has 1 aliphatic heterocycles. The zero-order valence-corrected chi connectivity index (χ0v) is 19.8. The Balaban J connectivity index is 1.39. The Morgan fingerprint density at radius 2 is 1.76 bits per heavy atom. The lowest BCUT2D eigenvalue weighted by atomic mass is 9.89. The summed E-state index contributed by atoms with van der Waals surface area (Å²) >= 11 is 0. The molecule has 2 amide bonds. The van der Waals surface area contributed by atoms with E-state index < -0.39 is 0 Å². The quantitative estimate of drug-likeness (QED) is 0.557. The van der Waals surface area contributed by atoms with E-state index in [1.807, 2.05) is 63.3 Å². The number of carbonyl (C=O) groups is 2. The van der Waals surface area contributed by atoms with Crippen molar-refractivity contribution in [3.63, 3.8) is 0 Å². The highest BCUT2D eigenvalue weighted by molar-refractivity contribution is 5.98. The standard InChI is InChI=1S/C27H32N4O2/c1-5-19(6-2)26(32)29-25-13-22(8-7-18(25)3)27(33)31-16-24(17-31)21-11-9-20(10-12-21)23-14-28-30(4)15-23/h7-15,19,24H,5-6,16-17H2,1-4H3,(H,29,32). The van der Waals surface area contributed by atoms with Crippen molar-refractivity contribution < 1.29 is 9.59 Å². The van der Waals surface area contributed by atoms with Gasteiger partial charge in [0.2, 0.25) is 5.91 Å². The Morgan fingerprint density at radius 1 is 1.06 bits per heavy atom. The molecule has 0 bridgehead atoms. The summed E-state index contributed by atoms with van der Waals surface area (Å²) in [7, 11) is 1.91. The number of aromatic nitrogens is 2. The van der Waals surface area contributed by atoms with Crippen LogP contribution in [0.3, 0.4) is 0 Å². The van der Waals surface area contributed by atoms with E-state index in [-0.39, 0.29) is 17.7 Å². The third kappa shape index (κ3) is 4.85. The highest BCUT2D eigenvalue weighted by Crippen LogP contribution is 2.31. The van der Waals surface area contributed by atoms with E-state index in [4.69, 9.17) is 0 Å². The number of aryl methyl sites for hydroxylation is 2. The summed E-state index contributed by atoms with van der Waals surface area (Å²) in [5.74, 6) is 0.364. The molecule has 0 saturated carbocycles. The lowest BCUT2D eigenvalue weighted by Crippen LogP contribution is -2.48. The molecule has 0 spiro atoms. The lowest BCUT2D eigenvalue weighted by Gasteiger charge is -2.39. The highest BCUT2D eigenvalue weighted by Gasteiger charge is 2.32. The molecule has 6 nitrogen and oxygen atoms in total. The molecular weight excluding hydrogens is 412 g/mol. The first-order valence-electron chi connectivity index (χ1n) is 11.7. The number of hydrogen-bond acceptors (Lipinski definition) is 3. The van der Waals surface area contributed by atoms with Crippen LogP contribution in [0.4, 0.5) is 5.69 Å². The van der Waals surface area contributed by atoms with E-state index in [1.54, 1.807) is 4.68 Å². The van der Waals surface area contributed by atoms with Crippen LogP contribution >= 0.6 is 0 Å². The first kappa shape index (κ1) is 22.8. The van der Waals surface area contributed by atoms with Crippen molar-refractivity contribution in [1.29, 1.82) is 0 Å². The van der Waals surface area contributed by atoms with E-state index in [0.29, 0.717) is 24.6 Å². The van der Waals surface area contributed by atoms with E-state index in [2.05, 4.69) is 34.7 Å². The van der Waals surface area contributed by atoms with E-state index in [9.17, 15) is 9.59 Å². The van der Waals surface area contributed by atoms with Gasteiger partial charge in [-0.05, 0) is 48.6 Å². The monoisotopic (exact) mass is 444 g/mol. The van der Waals surface area contributed by atoms with Crippen LogP contribution < -0.4 is 5.32 Å². The number of hydrogen-bond donors (Lipinski definition) is 1. The second kappa shape index (κ2) is 9.61. The van der Waals surface area contributed by atoms with Crippen LogP contribution in [-0.4, -0.2) is 39.6 Å². The number of rotatable bonds is 7. The minimum Gasteiger partial charge on any atom is -0.337 e. The summed E-state index contributed by atoms with van der Waals surface area (Å²) in [5.41, 5.74) is 5.78. The number of nitrogens with zero attached hydrogens (tertiary/aromatic N) is 3. The van der Waals surface area contributed by atoms with Gasteiger partial charge in [0.15, 0.2) is 0 Å². The van der Waals surface area contributed by atoms with Crippen LogP contribution in [-0.2, 0) is 11.8 Å². The number of nitrogens with one attached hydrogen (secondary N) is 1. The molecule has 2 heterocycles. The Labute approximate surface area is 195 Å². The van der Waals surface area contributed by atoms with Crippen molar-refractivity contribution in [3.05, 3.63) is 71.5 Å². The Kier molecular flexibility index (Phi) is 6.63. The van der Waals surface area contributed by atoms with Crippen molar-refractivity contribution in [3.8, 4) is 11.1 Å². The van der Waals surface area contributed by atoms with Gasteiger partial charge in [-0.2, -0.15) is 5.10 Å². The van der Waals surface area contributed by atoms with Crippen LogP contribution in [0.1, 0.15) is 54.1 Å². The van der Waals surface area contributed by atoms with Gasteiger partial charge in [-0.15, -0.1) is 0 Å². The molecular formula is C27H32N4O2. The van der Waals surface area contributed by atoms with Crippen LogP contribution in [0, 0.1) is 12.8 Å². The summed E-state index contributed by atoms with van der Waals surface area (Å²) < 4.78 is 1.80. The molecule has 33 heavy (non-hydrogen) atoms. The molecule has 0 radical (unpaired) electrons. The number of anilines is 1. The Hall–Kier alpha value is -3.41. The highest BCUT2D eigenvalue weighted by atomic mass is 16.2. The maximum Gasteiger partial charge on any atom is 0.253 e. The first-order valence-corrected chi connectivity index (χ1v) is 11.7. The third-order valence-electron chi connectivity index (χ3n) is 6.69. The summed E-state index contributed by atoms with van der Waals surface area (Å²) in [5, 5.41) is 7.25. The van der Waals surface area contributed by atoms with Crippen molar-refractivity contribution in [2.45, 2.75) is 39.5 Å². The van der Waals surface area contributed by atoms with Gasteiger partial charge in [0.05, 0.1) is 6.20 Å². The molecule has 0 atom stereocenters. The average molecular weight is 445 g/mol. The molecule has 1 aliphatic rings. The fraction of sp³-hybridized carbons (Fsp3) is 0.370. The summed E-state index contributed by atoms with van der Waals surface area (Å²) in [6.45, 7) is 7.40. The van der Waals surface area contributed by atoms with E-state index in [0.717, 1.165) is 35.2 Å². The molecule has 1 N–H and O–H groups in total. The van der Waals surface area contributed by atoms with Crippen molar-refractivity contribution in [1.82, 2.24) is 14.7 Å². The minimum atomic E-state index is -0.00978. The average Bonchev–Trinajstić information content (AvgIpc) is 3.22. The van der Waals surface area contributed by atoms with E-state index in [1.165, 1.54) is 5.56 Å². The topological polar surface area (TPSA) is 67.2 Å². The molecule has 0 aliphatic carbocycles. The zero-order chi connectivity index (χ0) is 23.5. The van der Waals surface area contributed by atoms with Crippen molar-refractivity contribution in [2.24, 2.45) is 13.0 Å². The fourth-order valence-corrected chi connectivity index (χ4v) is 4.34. The Bertz CT molecular complexity index is 1140.